The SMILES string of the molecule is C=CC[Si](CC)(CC=C)OCCCC. The lowest BCUT2D eigenvalue weighted by atomic mass is 10.4. The fourth-order valence-corrected chi connectivity index (χ4v) is 4.36. The molecular formula is C12H24OSi. The molecule has 0 aliphatic rings. The maximum absolute atomic E-state index is 6.10. The molecule has 82 valence electrons. The zero-order valence-electron chi connectivity index (χ0n) is 9.72. The molecule has 0 heterocycles. The average molecular weight is 212 g/mol. The molecule has 0 radical (unpaired) electrons. The van der Waals surface area contributed by atoms with Crippen molar-refractivity contribution in [3.8, 4) is 0 Å². The molecule has 0 aromatic heterocycles. The molecule has 0 rings (SSSR count). The van der Waals surface area contributed by atoms with Crippen LogP contribution < -0.4 is 0 Å². The van der Waals surface area contributed by atoms with Gasteiger partial charge in [-0.25, -0.2) is 0 Å². The van der Waals surface area contributed by atoms with Crippen LogP contribution in [0, 0.1) is 0 Å². The molecular weight excluding hydrogens is 188 g/mol. The predicted molar refractivity (Wildman–Crippen MR) is 67.1 cm³/mol. The minimum absolute atomic E-state index is 0.915. The summed E-state index contributed by atoms with van der Waals surface area (Å²) in [6.07, 6.45) is 6.38. The Morgan fingerprint density at radius 3 is 2.07 bits per heavy atom. The number of rotatable bonds is 9. The summed E-state index contributed by atoms with van der Waals surface area (Å²) in [6, 6.07) is 3.27. The zero-order valence-corrected chi connectivity index (χ0v) is 10.7. The molecule has 0 amide bonds. The van der Waals surface area contributed by atoms with Crippen LogP contribution in [-0.2, 0) is 4.43 Å². The average Bonchev–Trinajstić information content (AvgIpc) is 2.19. The third-order valence-electron chi connectivity index (χ3n) is 2.58. The lowest BCUT2D eigenvalue weighted by molar-refractivity contribution is 0.294. The van der Waals surface area contributed by atoms with Crippen molar-refractivity contribution in [2.24, 2.45) is 0 Å². The van der Waals surface area contributed by atoms with Crippen LogP contribution in [-0.4, -0.2) is 14.9 Å². The van der Waals surface area contributed by atoms with Gasteiger partial charge in [-0.1, -0.05) is 32.4 Å². The molecule has 0 aromatic rings. The van der Waals surface area contributed by atoms with E-state index in [1.807, 2.05) is 12.2 Å². The first-order valence-electron chi connectivity index (χ1n) is 5.60. The van der Waals surface area contributed by atoms with Gasteiger partial charge in [0.2, 0.25) is 0 Å². The van der Waals surface area contributed by atoms with Crippen molar-refractivity contribution in [2.45, 2.75) is 44.8 Å². The van der Waals surface area contributed by atoms with Crippen LogP contribution >= 0.6 is 0 Å². The van der Waals surface area contributed by atoms with Crippen LogP contribution in [0.1, 0.15) is 26.7 Å². The summed E-state index contributed by atoms with van der Waals surface area (Å²) in [5, 5.41) is 0. The number of hydrogen-bond donors (Lipinski definition) is 0. The summed E-state index contributed by atoms with van der Waals surface area (Å²) in [7, 11) is -1.54. The summed E-state index contributed by atoms with van der Waals surface area (Å²) in [5.41, 5.74) is 0. The second kappa shape index (κ2) is 8.01. The van der Waals surface area contributed by atoms with Crippen molar-refractivity contribution >= 4 is 8.32 Å². The van der Waals surface area contributed by atoms with Crippen LogP contribution in [0.2, 0.25) is 18.1 Å². The normalized spacial score (nSPS) is 11.3. The molecule has 0 aliphatic carbocycles. The summed E-state index contributed by atoms with van der Waals surface area (Å²) in [4.78, 5) is 0. The monoisotopic (exact) mass is 212 g/mol. The van der Waals surface area contributed by atoms with Crippen LogP contribution in [0.3, 0.4) is 0 Å². The lowest BCUT2D eigenvalue weighted by Crippen LogP contribution is -2.36. The van der Waals surface area contributed by atoms with Gasteiger partial charge in [-0.05, 0) is 24.6 Å². The minimum Gasteiger partial charge on any atom is -0.416 e. The van der Waals surface area contributed by atoms with Gasteiger partial charge in [0.15, 0.2) is 8.32 Å². The second-order valence-electron chi connectivity index (χ2n) is 3.72. The van der Waals surface area contributed by atoms with E-state index in [0.29, 0.717) is 0 Å². The van der Waals surface area contributed by atoms with Gasteiger partial charge in [0.1, 0.15) is 0 Å². The highest BCUT2D eigenvalue weighted by atomic mass is 28.4. The van der Waals surface area contributed by atoms with Crippen molar-refractivity contribution in [1.29, 1.82) is 0 Å². The van der Waals surface area contributed by atoms with Gasteiger partial charge < -0.3 is 4.43 Å². The van der Waals surface area contributed by atoms with E-state index in [-0.39, 0.29) is 0 Å². The molecule has 0 unspecified atom stereocenters. The number of allylic oxidation sites excluding steroid dienone is 2. The van der Waals surface area contributed by atoms with Gasteiger partial charge in [0, 0.05) is 6.61 Å². The number of hydrogen-bond acceptors (Lipinski definition) is 1. The van der Waals surface area contributed by atoms with E-state index in [0.717, 1.165) is 24.7 Å². The Balaban J connectivity index is 4.16. The Hall–Kier alpha value is -0.343. The Morgan fingerprint density at radius 2 is 1.71 bits per heavy atom. The van der Waals surface area contributed by atoms with E-state index in [4.69, 9.17) is 4.43 Å². The van der Waals surface area contributed by atoms with Gasteiger partial charge in [-0.2, -0.15) is 0 Å². The fourth-order valence-electron chi connectivity index (χ4n) is 1.55. The van der Waals surface area contributed by atoms with E-state index >= 15 is 0 Å². The first-order chi connectivity index (χ1) is 6.74. The summed E-state index contributed by atoms with van der Waals surface area (Å²) >= 11 is 0. The van der Waals surface area contributed by atoms with Crippen molar-refractivity contribution in [3.63, 3.8) is 0 Å². The molecule has 1 nitrogen and oxygen atoms in total. The van der Waals surface area contributed by atoms with Crippen molar-refractivity contribution in [3.05, 3.63) is 25.3 Å². The summed E-state index contributed by atoms with van der Waals surface area (Å²) in [5.74, 6) is 0. The lowest BCUT2D eigenvalue weighted by Gasteiger charge is -2.28. The molecule has 0 spiro atoms. The third-order valence-corrected chi connectivity index (χ3v) is 6.75. The highest BCUT2D eigenvalue weighted by molar-refractivity contribution is 6.74. The molecule has 2 heteroatoms. The molecule has 0 saturated carbocycles. The summed E-state index contributed by atoms with van der Waals surface area (Å²) in [6.45, 7) is 13.0. The van der Waals surface area contributed by atoms with Gasteiger partial charge in [0.05, 0.1) is 0 Å². The Morgan fingerprint density at radius 1 is 1.14 bits per heavy atom. The fraction of sp³-hybridized carbons (Fsp3) is 0.667. The highest BCUT2D eigenvalue weighted by Crippen LogP contribution is 2.23. The second-order valence-corrected chi connectivity index (χ2v) is 7.90. The molecule has 0 atom stereocenters. The van der Waals surface area contributed by atoms with E-state index < -0.39 is 8.32 Å². The zero-order chi connectivity index (χ0) is 10.9. The quantitative estimate of drug-likeness (QED) is 0.317. The van der Waals surface area contributed by atoms with Gasteiger partial charge >= 0.3 is 0 Å². The Labute approximate surface area is 90.0 Å². The van der Waals surface area contributed by atoms with E-state index in [9.17, 15) is 0 Å². The van der Waals surface area contributed by atoms with Crippen LogP contribution in [0.5, 0.6) is 0 Å². The molecule has 0 fully saturated rings. The topological polar surface area (TPSA) is 9.23 Å². The van der Waals surface area contributed by atoms with Crippen molar-refractivity contribution < 1.29 is 4.43 Å². The van der Waals surface area contributed by atoms with Crippen LogP contribution in [0.4, 0.5) is 0 Å². The van der Waals surface area contributed by atoms with Gasteiger partial charge in [0.25, 0.3) is 0 Å². The molecule has 0 saturated heterocycles. The van der Waals surface area contributed by atoms with Crippen LogP contribution in [0.15, 0.2) is 25.3 Å². The standard InChI is InChI=1S/C12H24OSi/c1-5-9-10-13-14(8-4,11-6-2)12-7-3/h6-7H,2-3,5,8-12H2,1,4H3. The molecule has 14 heavy (non-hydrogen) atoms. The minimum atomic E-state index is -1.54. The smallest absolute Gasteiger partial charge is 0.199 e. The molecule has 0 N–H and O–H groups in total. The largest absolute Gasteiger partial charge is 0.416 e. The van der Waals surface area contributed by atoms with Crippen molar-refractivity contribution in [1.82, 2.24) is 0 Å². The molecule has 0 aliphatic heterocycles. The third kappa shape index (κ3) is 4.77. The van der Waals surface area contributed by atoms with E-state index in [1.165, 1.54) is 12.8 Å². The number of unbranched alkanes of at least 4 members (excludes halogenated alkanes) is 1. The van der Waals surface area contributed by atoms with Crippen LogP contribution in [0.25, 0.3) is 0 Å². The van der Waals surface area contributed by atoms with Gasteiger partial charge in [-0.3, -0.25) is 0 Å². The first kappa shape index (κ1) is 13.7. The Kier molecular flexibility index (Phi) is 7.81. The van der Waals surface area contributed by atoms with E-state index in [2.05, 4.69) is 27.0 Å². The highest BCUT2D eigenvalue weighted by Gasteiger charge is 2.29. The summed E-state index contributed by atoms with van der Waals surface area (Å²) < 4.78 is 6.10. The Bertz CT molecular complexity index is 156. The predicted octanol–water partition coefficient (Wildman–Crippen LogP) is 4.14. The maximum Gasteiger partial charge on any atom is 0.199 e. The first-order valence-corrected chi connectivity index (χ1v) is 8.13. The van der Waals surface area contributed by atoms with Crippen molar-refractivity contribution in [2.75, 3.05) is 6.61 Å². The molecule has 0 bridgehead atoms. The van der Waals surface area contributed by atoms with E-state index in [1.54, 1.807) is 0 Å². The van der Waals surface area contributed by atoms with Gasteiger partial charge in [-0.15, -0.1) is 13.2 Å². The maximum atomic E-state index is 6.10. The molecule has 0 aromatic carbocycles.